The first-order valence-corrected chi connectivity index (χ1v) is 6.46. The average molecular weight is 275 g/mol. The van der Waals surface area contributed by atoms with Crippen molar-refractivity contribution in [1.29, 1.82) is 0 Å². The molecule has 2 rings (SSSR count). The number of aromatic nitrogens is 2. The van der Waals surface area contributed by atoms with E-state index in [2.05, 4.69) is 20.9 Å². The van der Waals surface area contributed by atoms with Crippen molar-refractivity contribution >= 4 is 36.9 Å². The van der Waals surface area contributed by atoms with Gasteiger partial charge >= 0.3 is 0 Å². The summed E-state index contributed by atoms with van der Waals surface area (Å²) in [4.78, 5) is 4.01. The Balaban J connectivity index is 2.90. The zero-order valence-electron chi connectivity index (χ0n) is 7.31. The van der Waals surface area contributed by atoms with E-state index in [4.69, 9.17) is 0 Å². The Hall–Kier alpha value is -0.880. The monoisotopic (exact) mass is 274 g/mol. The average Bonchev–Trinajstić information content (AvgIpc) is 2.47. The third-order valence-electron chi connectivity index (χ3n) is 1.89. The summed E-state index contributed by atoms with van der Waals surface area (Å²) in [5.41, 5.74) is 0.634. The maximum Gasteiger partial charge on any atom is 0.236 e. The van der Waals surface area contributed by atoms with E-state index in [0.717, 1.165) is 5.39 Å². The van der Waals surface area contributed by atoms with Gasteiger partial charge in [0.15, 0.2) is 0 Å². The second-order valence-electron chi connectivity index (χ2n) is 2.91. The maximum absolute atomic E-state index is 11.3. The van der Waals surface area contributed by atoms with Gasteiger partial charge in [-0.2, -0.15) is 0 Å². The van der Waals surface area contributed by atoms with Gasteiger partial charge in [0.1, 0.15) is 4.60 Å². The van der Waals surface area contributed by atoms with E-state index in [1.807, 2.05) is 0 Å². The van der Waals surface area contributed by atoms with Gasteiger partial charge in [0.05, 0.1) is 11.8 Å². The highest BCUT2D eigenvalue weighted by Crippen LogP contribution is 2.23. The van der Waals surface area contributed by atoms with Crippen LogP contribution in [0.1, 0.15) is 0 Å². The highest BCUT2D eigenvalue weighted by molar-refractivity contribution is 9.10. The van der Waals surface area contributed by atoms with Crippen molar-refractivity contribution in [2.45, 2.75) is 0 Å². The molecule has 0 bridgehead atoms. The molecule has 0 saturated carbocycles. The summed E-state index contributed by atoms with van der Waals surface area (Å²) in [6, 6.07) is 3.38. The minimum atomic E-state index is -3.23. The highest BCUT2D eigenvalue weighted by Gasteiger charge is 2.10. The molecular weight excluding hydrogens is 268 g/mol. The van der Waals surface area contributed by atoms with Crippen molar-refractivity contribution in [2.24, 2.45) is 0 Å². The van der Waals surface area contributed by atoms with Gasteiger partial charge in [0, 0.05) is 17.8 Å². The van der Waals surface area contributed by atoms with Crippen molar-refractivity contribution in [2.75, 3.05) is 6.26 Å². The Morgan fingerprint density at radius 2 is 2.14 bits per heavy atom. The largest absolute Gasteiger partial charge is 0.249 e. The number of halogens is 1. The van der Waals surface area contributed by atoms with Gasteiger partial charge < -0.3 is 0 Å². The first kappa shape index (κ1) is 9.67. The van der Waals surface area contributed by atoms with Crippen LogP contribution in [0.2, 0.25) is 0 Å². The van der Waals surface area contributed by atoms with Gasteiger partial charge in [-0.25, -0.2) is 17.4 Å². The van der Waals surface area contributed by atoms with Crippen LogP contribution in [-0.2, 0) is 10.0 Å². The fourth-order valence-corrected chi connectivity index (χ4v) is 2.55. The van der Waals surface area contributed by atoms with Gasteiger partial charge in [-0.15, -0.1) is 0 Å². The van der Waals surface area contributed by atoms with Crippen molar-refractivity contribution in [1.82, 2.24) is 8.96 Å². The Bertz CT molecular complexity index is 588. The van der Waals surface area contributed by atoms with E-state index >= 15 is 0 Å². The lowest BCUT2D eigenvalue weighted by molar-refractivity contribution is 0.595. The summed E-state index contributed by atoms with van der Waals surface area (Å²) >= 11 is 3.26. The molecule has 2 heterocycles. The molecule has 0 N–H and O–H groups in total. The van der Waals surface area contributed by atoms with Crippen molar-refractivity contribution in [3.8, 4) is 0 Å². The van der Waals surface area contributed by atoms with Crippen LogP contribution in [-0.4, -0.2) is 23.6 Å². The maximum atomic E-state index is 11.3. The molecule has 0 fully saturated rings. The molecular formula is C8H7BrN2O2S. The van der Waals surface area contributed by atoms with E-state index in [0.29, 0.717) is 10.1 Å². The standard InChI is InChI=1S/C8H7BrN2O2S/c1-14(12,13)11-5-3-6-7(11)2-4-10-8(6)9/h2-5H,1H3. The summed E-state index contributed by atoms with van der Waals surface area (Å²) in [6.07, 6.45) is 4.25. The van der Waals surface area contributed by atoms with Crippen LogP contribution in [0.15, 0.2) is 29.1 Å². The lowest BCUT2D eigenvalue weighted by Gasteiger charge is -2.01. The summed E-state index contributed by atoms with van der Waals surface area (Å²) < 4.78 is 24.6. The van der Waals surface area contributed by atoms with Crippen LogP contribution in [0.25, 0.3) is 10.9 Å². The Morgan fingerprint density at radius 1 is 1.43 bits per heavy atom. The first-order chi connectivity index (χ1) is 6.50. The molecule has 2 aromatic heterocycles. The lowest BCUT2D eigenvalue weighted by atomic mass is 10.3. The zero-order valence-corrected chi connectivity index (χ0v) is 9.71. The van der Waals surface area contributed by atoms with Crippen molar-refractivity contribution < 1.29 is 8.42 Å². The van der Waals surface area contributed by atoms with Gasteiger partial charge in [-0.1, -0.05) is 0 Å². The van der Waals surface area contributed by atoms with Crippen molar-refractivity contribution in [3.05, 3.63) is 29.1 Å². The quantitative estimate of drug-likeness (QED) is 0.743. The summed E-state index contributed by atoms with van der Waals surface area (Å²) in [5, 5.41) is 0.790. The third kappa shape index (κ3) is 1.44. The Kier molecular flexibility index (Phi) is 2.11. The fraction of sp³-hybridized carbons (Fsp3) is 0.125. The highest BCUT2D eigenvalue weighted by atomic mass is 79.9. The van der Waals surface area contributed by atoms with E-state index < -0.39 is 10.0 Å². The molecule has 0 radical (unpaired) electrons. The van der Waals surface area contributed by atoms with Crippen LogP contribution >= 0.6 is 15.9 Å². The molecule has 0 aliphatic heterocycles. The number of hydrogen-bond donors (Lipinski definition) is 0. The number of pyridine rings is 1. The molecule has 14 heavy (non-hydrogen) atoms. The Morgan fingerprint density at radius 3 is 2.79 bits per heavy atom. The molecule has 0 aromatic carbocycles. The number of rotatable bonds is 1. The van der Waals surface area contributed by atoms with E-state index in [1.165, 1.54) is 16.4 Å². The molecule has 6 heteroatoms. The zero-order chi connectivity index (χ0) is 10.3. The molecule has 0 atom stereocenters. The van der Waals surface area contributed by atoms with Gasteiger partial charge in [0.2, 0.25) is 10.0 Å². The fourth-order valence-electron chi connectivity index (χ4n) is 1.30. The minimum Gasteiger partial charge on any atom is -0.249 e. The molecule has 4 nitrogen and oxygen atoms in total. The SMILES string of the molecule is CS(=O)(=O)n1ccc2c(Br)nccc21. The molecule has 2 aromatic rings. The molecule has 0 aliphatic carbocycles. The minimum absolute atomic E-state index is 0.634. The normalized spacial score (nSPS) is 12.1. The smallest absolute Gasteiger partial charge is 0.236 e. The van der Waals surface area contributed by atoms with Crippen LogP contribution < -0.4 is 0 Å². The number of fused-ring (bicyclic) bond motifs is 1. The summed E-state index contributed by atoms with van der Waals surface area (Å²) in [7, 11) is -3.23. The second-order valence-corrected chi connectivity index (χ2v) is 5.52. The van der Waals surface area contributed by atoms with Gasteiger partial charge in [0.25, 0.3) is 0 Å². The lowest BCUT2D eigenvalue weighted by Crippen LogP contribution is -2.07. The van der Waals surface area contributed by atoms with Gasteiger partial charge in [-0.3, -0.25) is 0 Å². The summed E-state index contributed by atoms with van der Waals surface area (Å²) in [6.45, 7) is 0. The number of hydrogen-bond acceptors (Lipinski definition) is 3. The van der Waals surface area contributed by atoms with E-state index in [-0.39, 0.29) is 0 Å². The van der Waals surface area contributed by atoms with Crippen LogP contribution in [0.3, 0.4) is 0 Å². The first-order valence-electron chi connectivity index (χ1n) is 3.82. The molecule has 0 amide bonds. The van der Waals surface area contributed by atoms with Crippen LogP contribution in [0, 0.1) is 0 Å². The molecule has 0 unspecified atom stereocenters. The molecule has 74 valence electrons. The molecule has 0 saturated heterocycles. The van der Waals surface area contributed by atoms with E-state index in [9.17, 15) is 8.42 Å². The topological polar surface area (TPSA) is 52.0 Å². The third-order valence-corrected chi connectivity index (χ3v) is 3.55. The predicted molar refractivity (Wildman–Crippen MR) is 57.7 cm³/mol. The Labute approximate surface area is 89.7 Å². The van der Waals surface area contributed by atoms with Crippen LogP contribution in [0.4, 0.5) is 0 Å². The van der Waals surface area contributed by atoms with Crippen LogP contribution in [0.5, 0.6) is 0 Å². The molecule has 0 aliphatic rings. The molecule has 0 spiro atoms. The number of nitrogens with zero attached hydrogens (tertiary/aromatic N) is 2. The second kappa shape index (κ2) is 3.06. The van der Waals surface area contributed by atoms with Crippen molar-refractivity contribution in [3.63, 3.8) is 0 Å². The van der Waals surface area contributed by atoms with Gasteiger partial charge in [-0.05, 0) is 28.1 Å². The predicted octanol–water partition coefficient (Wildman–Crippen LogP) is 1.61. The van der Waals surface area contributed by atoms with E-state index in [1.54, 1.807) is 18.3 Å². The summed E-state index contributed by atoms with van der Waals surface area (Å²) in [5.74, 6) is 0.